The molecule has 0 saturated carbocycles. The minimum atomic E-state index is 0.224. The van der Waals surface area contributed by atoms with Gasteiger partial charge in [-0.1, -0.05) is 36.0 Å². The smallest absolute Gasteiger partial charge is 0.148 e. The van der Waals surface area contributed by atoms with Crippen molar-refractivity contribution < 1.29 is 4.74 Å². The normalized spacial score (nSPS) is 10.1. The number of hydrogen-bond acceptors (Lipinski definition) is 3. The van der Waals surface area contributed by atoms with E-state index in [1.54, 1.807) is 18.3 Å². The van der Waals surface area contributed by atoms with Crippen molar-refractivity contribution in [3.8, 4) is 5.75 Å². The molecule has 2 aromatic rings. The summed E-state index contributed by atoms with van der Waals surface area (Å²) in [7, 11) is 0. The van der Waals surface area contributed by atoms with Crippen molar-refractivity contribution in [2.75, 3.05) is 0 Å². The molecule has 0 amide bonds. The van der Waals surface area contributed by atoms with Gasteiger partial charge in [-0.15, -0.1) is 0 Å². The van der Waals surface area contributed by atoms with Gasteiger partial charge in [0.05, 0.1) is 0 Å². The molecule has 2 rings (SSSR count). The fourth-order valence-electron chi connectivity index (χ4n) is 1.43. The van der Waals surface area contributed by atoms with Gasteiger partial charge >= 0.3 is 0 Å². The van der Waals surface area contributed by atoms with Gasteiger partial charge in [0.25, 0.3) is 0 Å². The lowest BCUT2D eigenvalue weighted by Gasteiger charge is -2.09. The van der Waals surface area contributed by atoms with Gasteiger partial charge in [-0.25, -0.2) is 4.98 Å². The molecule has 0 aliphatic carbocycles. The van der Waals surface area contributed by atoms with Gasteiger partial charge in [-0.3, -0.25) is 0 Å². The maximum atomic E-state index is 5.81. The fourth-order valence-corrected chi connectivity index (χ4v) is 1.71. The third-order valence-corrected chi connectivity index (χ3v) is 2.76. The van der Waals surface area contributed by atoms with Gasteiger partial charge in [0.15, 0.2) is 0 Å². The fraction of sp³-hybridized carbons (Fsp3) is 0.0769. The molecule has 92 valence electrons. The summed E-state index contributed by atoms with van der Waals surface area (Å²) in [6, 6.07) is 11.0. The zero-order valence-electron chi connectivity index (χ0n) is 9.47. The van der Waals surface area contributed by atoms with Crippen molar-refractivity contribution in [2.24, 2.45) is 5.73 Å². The summed E-state index contributed by atoms with van der Waals surface area (Å²) in [6.07, 6.45) is 1.63. The highest BCUT2D eigenvalue weighted by Crippen LogP contribution is 2.17. The summed E-state index contributed by atoms with van der Waals surface area (Å²) in [4.78, 5) is 4.32. The molecule has 1 aromatic carbocycles. The van der Waals surface area contributed by atoms with Crippen LogP contribution in [0.5, 0.6) is 5.75 Å². The summed E-state index contributed by atoms with van der Waals surface area (Å²) in [5.74, 6) is 0.583. The molecule has 3 nitrogen and oxygen atoms in total. The van der Waals surface area contributed by atoms with Crippen molar-refractivity contribution in [3.05, 3.63) is 58.9 Å². The molecule has 0 fully saturated rings. The largest absolute Gasteiger partial charge is 0.487 e. The van der Waals surface area contributed by atoms with Crippen LogP contribution in [0.15, 0.2) is 42.6 Å². The molecule has 0 bridgehead atoms. The minimum Gasteiger partial charge on any atom is -0.487 e. The van der Waals surface area contributed by atoms with Crippen LogP contribution in [0.2, 0.25) is 5.02 Å². The zero-order valence-corrected chi connectivity index (χ0v) is 11.0. The third-order valence-electron chi connectivity index (χ3n) is 2.31. The highest BCUT2D eigenvalue weighted by atomic mass is 35.5. The molecule has 2 N–H and O–H groups in total. The van der Waals surface area contributed by atoms with Crippen LogP contribution in [0.1, 0.15) is 11.3 Å². The monoisotopic (exact) mass is 278 g/mol. The Hall–Kier alpha value is -1.65. The van der Waals surface area contributed by atoms with Crippen LogP contribution in [-0.2, 0) is 6.61 Å². The van der Waals surface area contributed by atoms with Crippen molar-refractivity contribution in [2.45, 2.75) is 6.61 Å². The molecular weight excluding hydrogens is 268 g/mol. The summed E-state index contributed by atoms with van der Waals surface area (Å²) in [5, 5.41) is 0.698. The van der Waals surface area contributed by atoms with Gasteiger partial charge in [-0.05, 0) is 29.8 Å². The van der Waals surface area contributed by atoms with Crippen LogP contribution < -0.4 is 10.5 Å². The van der Waals surface area contributed by atoms with Gasteiger partial charge < -0.3 is 10.5 Å². The Kier molecular flexibility index (Phi) is 4.12. The number of nitrogens with zero attached hydrogens (tertiary/aromatic N) is 1. The van der Waals surface area contributed by atoms with Crippen molar-refractivity contribution in [1.82, 2.24) is 4.98 Å². The van der Waals surface area contributed by atoms with Crippen LogP contribution in [0.3, 0.4) is 0 Å². The second-order valence-corrected chi connectivity index (χ2v) is 4.51. The molecular formula is C13H11ClN2OS. The van der Waals surface area contributed by atoms with E-state index in [-0.39, 0.29) is 4.99 Å². The lowest BCUT2D eigenvalue weighted by Crippen LogP contribution is -2.13. The minimum absolute atomic E-state index is 0.224. The van der Waals surface area contributed by atoms with Crippen LogP contribution in [0.4, 0.5) is 0 Å². The van der Waals surface area contributed by atoms with E-state index < -0.39 is 0 Å². The maximum Gasteiger partial charge on any atom is 0.148 e. The molecule has 0 atom stereocenters. The maximum absolute atomic E-state index is 5.81. The lowest BCUT2D eigenvalue weighted by molar-refractivity contribution is 0.304. The van der Waals surface area contributed by atoms with E-state index in [1.807, 2.05) is 24.3 Å². The average Bonchev–Trinajstić information content (AvgIpc) is 2.38. The number of aromatic nitrogens is 1. The summed E-state index contributed by atoms with van der Waals surface area (Å²) < 4.78 is 5.65. The second kappa shape index (κ2) is 5.80. The van der Waals surface area contributed by atoms with E-state index in [2.05, 4.69) is 4.98 Å². The van der Waals surface area contributed by atoms with Crippen LogP contribution in [-0.4, -0.2) is 9.97 Å². The van der Waals surface area contributed by atoms with E-state index in [0.29, 0.717) is 23.1 Å². The topological polar surface area (TPSA) is 48.1 Å². The molecule has 0 aliphatic heterocycles. The Balaban J connectivity index is 2.10. The van der Waals surface area contributed by atoms with Crippen molar-refractivity contribution in [1.29, 1.82) is 0 Å². The van der Waals surface area contributed by atoms with Crippen LogP contribution >= 0.6 is 23.8 Å². The number of nitrogens with two attached hydrogens (primary N) is 1. The summed E-state index contributed by atoms with van der Waals surface area (Å²) in [6.45, 7) is 0.415. The Bertz CT molecular complexity index is 557. The molecule has 1 heterocycles. The van der Waals surface area contributed by atoms with E-state index >= 15 is 0 Å². The number of rotatable bonds is 4. The predicted octanol–water partition coefficient (Wildman–Crippen LogP) is 2.95. The number of thiocarbonyl (C=S) groups is 1. The molecule has 0 saturated heterocycles. The van der Waals surface area contributed by atoms with Crippen LogP contribution in [0.25, 0.3) is 0 Å². The standard InChI is InChI=1S/C13H11ClN2OS/c14-10-5-3-9(4-6-10)8-17-11-2-1-7-16-12(11)13(15)18/h1-7H,8H2,(H2,15,18). The number of hydrogen-bond donors (Lipinski definition) is 1. The van der Waals surface area contributed by atoms with E-state index in [0.717, 1.165) is 5.56 Å². The number of halogens is 1. The number of benzene rings is 1. The Labute approximate surface area is 116 Å². The Morgan fingerprint density at radius 1 is 1.28 bits per heavy atom. The zero-order chi connectivity index (χ0) is 13.0. The highest BCUT2D eigenvalue weighted by Gasteiger charge is 2.07. The summed E-state index contributed by atoms with van der Waals surface area (Å²) >= 11 is 10.7. The van der Waals surface area contributed by atoms with Gasteiger partial charge in [-0.2, -0.15) is 0 Å². The molecule has 18 heavy (non-hydrogen) atoms. The molecule has 0 aliphatic rings. The number of ether oxygens (including phenoxy) is 1. The summed E-state index contributed by atoms with van der Waals surface area (Å²) in [5.41, 5.74) is 7.09. The van der Waals surface area contributed by atoms with Gasteiger partial charge in [0.1, 0.15) is 23.0 Å². The van der Waals surface area contributed by atoms with E-state index in [4.69, 9.17) is 34.3 Å². The molecule has 0 unspecified atom stereocenters. The highest BCUT2D eigenvalue weighted by molar-refractivity contribution is 7.80. The molecule has 0 spiro atoms. The first-order valence-electron chi connectivity index (χ1n) is 5.29. The second-order valence-electron chi connectivity index (χ2n) is 3.63. The SMILES string of the molecule is NC(=S)c1ncccc1OCc1ccc(Cl)cc1. The average molecular weight is 279 g/mol. The predicted molar refractivity (Wildman–Crippen MR) is 75.9 cm³/mol. The van der Waals surface area contributed by atoms with Crippen molar-refractivity contribution in [3.63, 3.8) is 0 Å². The lowest BCUT2D eigenvalue weighted by atomic mass is 10.2. The van der Waals surface area contributed by atoms with Crippen LogP contribution in [0, 0.1) is 0 Å². The molecule has 5 heteroatoms. The number of pyridine rings is 1. The first-order valence-corrected chi connectivity index (χ1v) is 6.07. The van der Waals surface area contributed by atoms with E-state index in [1.165, 1.54) is 0 Å². The first-order chi connectivity index (χ1) is 8.66. The Morgan fingerprint density at radius 2 is 2.00 bits per heavy atom. The van der Waals surface area contributed by atoms with Gasteiger partial charge in [0, 0.05) is 11.2 Å². The van der Waals surface area contributed by atoms with Gasteiger partial charge in [0.2, 0.25) is 0 Å². The Morgan fingerprint density at radius 3 is 2.67 bits per heavy atom. The third kappa shape index (κ3) is 3.18. The van der Waals surface area contributed by atoms with Crippen molar-refractivity contribution >= 4 is 28.8 Å². The quantitative estimate of drug-likeness (QED) is 0.874. The molecule has 1 aromatic heterocycles. The first kappa shape index (κ1) is 12.8. The molecule has 0 radical (unpaired) electrons. The van der Waals surface area contributed by atoms with E-state index in [9.17, 15) is 0 Å².